The predicted octanol–water partition coefficient (Wildman–Crippen LogP) is 2.81. The number of aromatic nitrogens is 3. The Kier molecular flexibility index (Phi) is 8.18. The van der Waals surface area contributed by atoms with Crippen molar-refractivity contribution in [1.29, 1.82) is 0 Å². The van der Waals surface area contributed by atoms with Gasteiger partial charge in [-0.05, 0) is 29.8 Å². The number of alkyl halides is 3. The van der Waals surface area contributed by atoms with Crippen LogP contribution in [0.4, 0.5) is 13.2 Å². The molecular formula is C23H26F3N5O4. The highest BCUT2D eigenvalue weighted by Gasteiger charge is 2.38. The predicted molar refractivity (Wildman–Crippen MR) is 120 cm³/mol. The van der Waals surface area contributed by atoms with E-state index in [1.54, 1.807) is 7.11 Å². The lowest BCUT2D eigenvalue weighted by Gasteiger charge is -2.27. The number of nitrogens with zero attached hydrogens (tertiary/aromatic N) is 4. The molecule has 12 heteroatoms. The van der Waals surface area contributed by atoms with Crippen molar-refractivity contribution in [3.8, 4) is 5.75 Å². The van der Waals surface area contributed by atoms with Crippen LogP contribution in [-0.2, 0) is 38.0 Å². The minimum atomic E-state index is -5.08. The largest absolute Gasteiger partial charge is 0.497 e. The molecule has 0 unspecified atom stereocenters. The summed E-state index contributed by atoms with van der Waals surface area (Å²) in [6, 6.07) is 11.9. The fourth-order valence-electron chi connectivity index (χ4n) is 3.53. The smallest absolute Gasteiger partial charge is 0.490 e. The Morgan fingerprint density at radius 2 is 1.86 bits per heavy atom. The van der Waals surface area contributed by atoms with Crippen molar-refractivity contribution in [2.75, 3.05) is 13.7 Å². The molecule has 0 spiro atoms. The SMILES string of the molecule is COc1ccc(CN2CCn3cc(CNC(=O)c4cccn4C)nc3C2)cc1.O=C(O)C(F)(F)F. The lowest BCUT2D eigenvalue weighted by atomic mass is 10.2. The van der Waals surface area contributed by atoms with Gasteiger partial charge in [0, 0.05) is 39.1 Å². The molecule has 9 nitrogen and oxygen atoms in total. The molecule has 0 saturated heterocycles. The Bertz CT molecular complexity index is 1150. The summed E-state index contributed by atoms with van der Waals surface area (Å²) >= 11 is 0. The zero-order valence-electron chi connectivity index (χ0n) is 19.2. The van der Waals surface area contributed by atoms with E-state index in [2.05, 4.69) is 26.9 Å². The number of benzene rings is 1. The van der Waals surface area contributed by atoms with Gasteiger partial charge in [-0.2, -0.15) is 13.2 Å². The quantitative estimate of drug-likeness (QED) is 0.548. The number of methoxy groups -OCH3 is 1. The highest BCUT2D eigenvalue weighted by molar-refractivity contribution is 5.92. The van der Waals surface area contributed by atoms with Crippen LogP contribution in [0.2, 0.25) is 0 Å². The Hall–Kier alpha value is -3.80. The highest BCUT2D eigenvalue weighted by Crippen LogP contribution is 2.18. The molecule has 1 aliphatic rings. The van der Waals surface area contributed by atoms with E-state index < -0.39 is 12.1 Å². The van der Waals surface area contributed by atoms with Gasteiger partial charge in [0.2, 0.25) is 0 Å². The molecule has 0 aliphatic carbocycles. The molecule has 1 amide bonds. The van der Waals surface area contributed by atoms with Crippen LogP contribution in [0.1, 0.15) is 27.6 Å². The molecule has 0 saturated carbocycles. The monoisotopic (exact) mass is 493 g/mol. The van der Waals surface area contributed by atoms with E-state index >= 15 is 0 Å². The molecule has 3 aromatic rings. The average molecular weight is 493 g/mol. The fourth-order valence-corrected chi connectivity index (χ4v) is 3.53. The summed E-state index contributed by atoms with van der Waals surface area (Å²) in [5, 5.41) is 10.1. The lowest BCUT2D eigenvalue weighted by molar-refractivity contribution is -0.192. The molecule has 0 atom stereocenters. The maximum absolute atomic E-state index is 12.3. The van der Waals surface area contributed by atoms with Gasteiger partial charge in [-0.25, -0.2) is 9.78 Å². The number of aliphatic carboxylic acids is 1. The normalized spacial score (nSPS) is 13.4. The maximum atomic E-state index is 12.3. The summed E-state index contributed by atoms with van der Waals surface area (Å²) in [4.78, 5) is 28.3. The second-order valence-corrected chi connectivity index (χ2v) is 7.89. The van der Waals surface area contributed by atoms with Crippen LogP contribution in [0.15, 0.2) is 48.8 Å². The Balaban J connectivity index is 0.000000429. The summed E-state index contributed by atoms with van der Waals surface area (Å²) in [5.74, 6) is -0.921. The van der Waals surface area contributed by atoms with Crippen LogP contribution >= 0.6 is 0 Å². The first kappa shape index (κ1) is 25.8. The number of nitrogens with one attached hydrogen (secondary N) is 1. The molecule has 4 rings (SSSR count). The van der Waals surface area contributed by atoms with Crippen LogP contribution in [0, 0.1) is 0 Å². The van der Waals surface area contributed by atoms with E-state index in [0.29, 0.717) is 12.2 Å². The number of carboxylic acids is 1. The average Bonchev–Trinajstić information content (AvgIpc) is 3.43. The van der Waals surface area contributed by atoms with E-state index in [4.69, 9.17) is 19.6 Å². The second kappa shape index (κ2) is 11.1. The number of halogens is 3. The van der Waals surface area contributed by atoms with Crippen molar-refractivity contribution in [3.05, 3.63) is 71.6 Å². The zero-order valence-corrected chi connectivity index (χ0v) is 19.2. The molecule has 0 fully saturated rings. The summed E-state index contributed by atoms with van der Waals surface area (Å²) in [7, 11) is 3.54. The van der Waals surface area contributed by atoms with Gasteiger partial charge in [-0.15, -0.1) is 0 Å². The molecule has 2 aromatic heterocycles. The van der Waals surface area contributed by atoms with Crippen molar-refractivity contribution in [2.24, 2.45) is 7.05 Å². The number of fused-ring (bicyclic) bond motifs is 1. The molecule has 1 aromatic carbocycles. The van der Waals surface area contributed by atoms with Gasteiger partial charge < -0.3 is 24.3 Å². The minimum Gasteiger partial charge on any atom is -0.497 e. The summed E-state index contributed by atoms with van der Waals surface area (Å²) in [6.07, 6.45) is -1.17. The topological polar surface area (TPSA) is 102 Å². The van der Waals surface area contributed by atoms with Gasteiger partial charge in [-0.1, -0.05) is 12.1 Å². The van der Waals surface area contributed by atoms with Crippen LogP contribution in [0.25, 0.3) is 0 Å². The Labute approximate surface area is 199 Å². The first-order valence-electron chi connectivity index (χ1n) is 10.7. The third kappa shape index (κ3) is 7.09. The van der Waals surface area contributed by atoms with Crippen LogP contribution in [0.5, 0.6) is 5.75 Å². The molecule has 0 radical (unpaired) electrons. The number of ether oxygens (including phenoxy) is 1. The van der Waals surface area contributed by atoms with E-state index in [1.807, 2.05) is 48.3 Å². The molecule has 188 valence electrons. The number of carbonyl (C=O) groups excluding carboxylic acids is 1. The lowest BCUT2D eigenvalue weighted by Crippen LogP contribution is -2.33. The standard InChI is InChI=1S/C21H25N5O2.C2HF3O2/c1-24-9-3-4-19(24)21(27)22-12-17-14-26-11-10-25(15-20(26)23-17)13-16-5-7-18(28-2)8-6-16;3-2(4,5)1(6)7/h3-9,14H,10-13,15H2,1-2H3,(H,22,27);(H,6,7). The molecule has 1 aliphatic heterocycles. The summed E-state index contributed by atoms with van der Waals surface area (Å²) < 4.78 is 41.0. The van der Waals surface area contributed by atoms with E-state index in [9.17, 15) is 18.0 Å². The number of carbonyl (C=O) groups is 2. The third-order valence-corrected chi connectivity index (χ3v) is 5.35. The van der Waals surface area contributed by atoms with Crippen molar-refractivity contribution in [1.82, 2.24) is 24.3 Å². The maximum Gasteiger partial charge on any atom is 0.490 e. The van der Waals surface area contributed by atoms with Crippen LogP contribution < -0.4 is 10.1 Å². The summed E-state index contributed by atoms with van der Waals surface area (Å²) in [6.45, 7) is 4.01. The first-order chi connectivity index (χ1) is 16.6. The van der Waals surface area contributed by atoms with Gasteiger partial charge in [0.25, 0.3) is 5.91 Å². The third-order valence-electron chi connectivity index (χ3n) is 5.35. The number of rotatable bonds is 6. The molecule has 2 N–H and O–H groups in total. The Morgan fingerprint density at radius 1 is 1.17 bits per heavy atom. The van der Waals surface area contributed by atoms with Gasteiger partial charge >= 0.3 is 12.1 Å². The van der Waals surface area contributed by atoms with Gasteiger partial charge in [0.15, 0.2) is 0 Å². The molecule has 35 heavy (non-hydrogen) atoms. The van der Waals surface area contributed by atoms with Crippen LogP contribution in [-0.4, -0.2) is 55.8 Å². The van der Waals surface area contributed by atoms with Crippen molar-refractivity contribution < 1.29 is 32.6 Å². The highest BCUT2D eigenvalue weighted by atomic mass is 19.4. The van der Waals surface area contributed by atoms with E-state index in [0.717, 1.165) is 43.4 Å². The van der Waals surface area contributed by atoms with Gasteiger partial charge in [0.05, 0.1) is 25.9 Å². The number of amides is 1. The molecular weight excluding hydrogens is 467 g/mol. The minimum absolute atomic E-state index is 0.0837. The van der Waals surface area contributed by atoms with Crippen molar-refractivity contribution in [3.63, 3.8) is 0 Å². The number of carboxylic acid groups (broad SMARTS) is 1. The number of aryl methyl sites for hydroxylation is 1. The Morgan fingerprint density at radius 3 is 2.43 bits per heavy atom. The van der Waals surface area contributed by atoms with Crippen LogP contribution in [0.3, 0.4) is 0 Å². The first-order valence-corrected chi connectivity index (χ1v) is 10.7. The molecule has 3 heterocycles. The zero-order chi connectivity index (χ0) is 25.6. The number of hydrogen-bond donors (Lipinski definition) is 2. The van der Waals surface area contributed by atoms with Gasteiger partial charge in [-0.3, -0.25) is 9.69 Å². The van der Waals surface area contributed by atoms with E-state index in [1.165, 1.54) is 5.56 Å². The van der Waals surface area contributed by atoms with Crippen molar-refractivity contribution >= 4 is 11.9 Å². The fraction of sp³-hybridized carbons (Fsp3) is 0.348. The second-order valence-electron chi connectivity index (χ2n) is 7.89. The summed E-state index contributed by atoms with van der Waals surface area (Å²) in [5.41, 5.74) is 2.80. The van der Waals surface area contributed by atoms with Gasteiger partial charge in [0.1, 0.15) is 17.3 Å². The van der Waals surface area contributed by atoms with Crippen molar-refractivity contribution in [2.45, 2.75) is 32.4 Å². The number of hydrogen-bond acceptors (Lipinski definition) is 5. The van der Waals surface area contributed by atoms with E-state index in [-0.39, 0.29) is 5.91 Å². The number of imidazole rings is 1. The molecule has 0 bridgehead atoms.